The van der Waals surface area contributed by atoms with Gasteiger partial charge in [-0.1, -0.05) is 35.4 Å². The highest BCUT2D eigenvalue weighted by atomic mass is 35.5. The van der Waals surface area contributed by atoms with Crippen LogP contribution in [-0.2, 0) is 12.8 Å². The first kappa shape index (κ1) is 11.2. The van der Waals surface area contributed by atoms with Crippen molar-refractivity contribution in [2.45, 2.75) is 12.8 Å². The van der Waals surface area contributed by atoms with E-state index < -0.39 is 0 Å². The highest BCUT2D eigenvalue weighted by Gasteiger charge is 2.08. The molecule has 0 amide bonds. The molecule has 1 rings (SSSR count). The molecule has 14 heavy (non-hydrogen) atoms. The molecule has 0 N–H and O–H groups in total. The van der Waals surface area contributed by atoms with Crippen LogP contribution in [0.2, 0.25) is 10.3 Å². The maximum Gasteiger partial charge on any atom is 0.166 e. The molecular weight excluding hydrogens is 219 g/mol. The zero-order valence-electron chi connectivity index (χ0n) is 7.63. The molecule has 0 spiro atoms. The third kappa shape index (κ3) is 2.56. The second kappa shape index (κ2) is 5.13. The van der Waals surface area contributed by atoms with Crippen LogP contribution in [0.3, 0.4) is 0 Å². The predicted octanol–water partition coefficient (Wildman–Crippen LogP) is 3.24. The van der Waals surface area contributed by atoms with Gasteiger partial charge in [0.05, 0.1) is 11.4 Å². The lowest BCUT2D eigenvalue weighted by molar-refractivity contribution is 0.966. The zero-order valence-corrected chi connectivity index (χ0v) is 9.15. The average molecular weight is 229 g/mol. The third-order valence-corrected chi connectivity index (χ3v) is 2.27. The molecule has 0 aliphatic rings. The molecule has 4 heteroatoms. The van der Waals surface area contributed by atoms with Crippen LogP contribution in [0.25, 0.3) is 0 Å². The van der Waals surface area contributed by atoms with Crippen molar-refractivity contribution < 1.29 is 0 Å². The number of allylic oxidation sites excluding steroid dienone is 2. The van der Waals surface area contributed by atoms with Gasteiger partial charge in [-0.15, -0.1) is 13.2 Å². The smallest absolute Gasteiger partial charge is 0.166 e. The fraction of sp³-hybridized carbons (Fsp3) is 0.200. The number of hydrogen-bond donors (Lipinski definition) is 0. The molecule has 0 atom stereocenters. The quantitative estimate of drug-likeness (QED) is 0.740. The molecule has 2 nitrogen and oxygen atoms in total. The van der Waals surface area contributed by atoms with Crippen LogP contribution >= 0.6 is 23.2 Å². The van der Waals surface area contributed by atoms with Crippen molar-refractivity contribution in [1.82, 2.24) is 9.97 Å². The summed E-state index contributed by atoms with van der Waals surface area (Å²) in [5, 5.41) is 0.465. The highest BCUT2D eigenvalue weighted by Crippen LogP contribution is 2.19. The molecule has 1 aromatic heterocycles. The van der Waals surface area contributed by atoms with Gasteiger partial charge in [0.1, 0.15) is 0 Å². The molecule has 74 valence electrons. The second-order valence-corrected chi connectivity index (χ2v) is 3.40. The topological polar surface area (TPSA) is 25.8 Å². The molecule has 0 fully saturated rings. The molecule has 0 bridgehead atoms. The van der Waals surface area contributed by atoms with Gasteiger partial charge in [0.25, 0.3) is 0 Å². The number of aromatic nitrogens is 2. The number of nitrogens with zero attached hydrogens (tertiary/aromatic N) is 2. The Balaban J connectivity index is 3.15. The van der Waals surface area contributed by atoms with Gasteiger partial charge in [-0.05, 0) is 0 Å². The monoisotopic (exact) mass is 228 g/mol. The summed E-state index contributed by atoms with van der Waals surface area (Å²) in [5.41, 5.74) is 1.60. The summed E-state index contributed by atoms with van der Waals surface area (Å²) in [4.78, 5) is 8.27. The van der Waals surface area contributed by atoms with E-state index in [0.29, 0.717) is 12.8 Å². The minimum Gasteiger partial charge on any atom is -0.236 e. The Morgan fingerprint density at radius 2 is 1.29 bits per heavy atom. The van der Waals surface area contributed by atoms with Crippen molar-refractivity contribution in [2.75, 3.05) is 0 Å². The van der Waals surface area contributed by atoms with Crippen molar-refractivity contribution in [3.05, 3.63) is 47.0 Å². The number of hydrogen-bond acceptors (Lipinski definition) is 2. The van der Waals surface area contributed by atoms with Gasteiger partial charge in [-0.2, -0.15) is 0 Å². The molecule has 0 aliphatic heterocycles. The Morgan fingerprint density at radius 3 is 1.57 bits per heavy atom. The Labute approximate surface area is 93.3 Å². The van der Waals surface area contributed by atoms with E-state index in [1.807, 2.05) is 0 Å². The Kier molecular flexibility index (Phi) is 4.11. The first-order chi connectivity index (χ1) is 6.69. The molecule has 1 aromatic rings. The largest absolute Gasteiger partial charge is 0.236 e. The molecule has 0 aliphatic carbocycles. The summed E-state index contributed by atoms with van der Waals surface area (Å²) < 4.78 is 0. The molecule has 0 radical (unpaired) electrons. The van der Waals surface area contributed by atoms with Gasteiger partial charge in [0, 0.05) is 12.8 Å². The van der Waals surface area contributed by atoms with Gasteiger partial charge in [-0.25, -0.2) is 9.97 Å². The van der Waals surface area contributed by atoms with Crippen molar-refractivity contribution in [3.63, 3.8) is 0 Å². The number of rotatable bonds is 4. The van der Waals surface area contributed by atoms with Crippen LogP contribution in [-0.4, -0.2) is 9.97 Å². The summed E-state index contributed by atoms with van der Waals surface area (Å²) in [5.74, 6) is 0. The van der Waals surface area contributed by atoms with Crippen LogP contribution in [0.5, 0.6) is 0 Å². The summed E-state index contributed by atoms with van der Waals surface area (Å²) in [6, 6.07) is 0. The van der Waals surface area contributed by atoms with E-state index in [2.05, 4.69) is 23.1 Å². The Morgan fingerprint density at radius 1 is 0.929 bits per heavy atom. The Hall–Kier alpha value is -0.860. The van der Waals surface area contributed by atoms with E-state index in [-0.39, 0.29) is 10.3 Å². The maximum absolute atomic E-state index is 5.76. The van der Waals surface area contributed by atoms with Crippen molar-refractivity contribution in [1.29, 1.82) is 0 Å². The van der Waals surface area contributed by atoms with Gasteiger partial charge < -0.3 is 0 Å². The fourth-order valence-corrected chi connectivity index (χ4v) is 1.35. The summed E-state index contributed by atoms with van der Waals surface area (Å²) in [6.07, 6.45) is 4.77. The van der Waals surface area contributed by atoms with Crippen LogP contribution in [0.1, 0.15) is 11.4 Å². The van der Waals surface area contributed by atoms with Crippen LogP contribution in [0.15, 0.2) is 25.3 Å². The van der Waals surface area contributed by atoms with E-state index in [9.17, 15) is 0 Å². The third-order valence-electron chi connectivity index (χ3n) is 1.64. The van der Waals surface area contributed by atoms with Crippen molar-refractivity contribution in [2.24, 2.45) is 0 Å². The minimum absolute atomic E-state index is 0.233. The minimum atomic E-state index is 0.233. The van der Waals surface area contributed by atoms with Crippen molar-refractivity contribution in [3.8, 4) is 0 Å². The normalized spacial score (nSPS) is 9.86. The van der Waals surface area contributed by atoms with Crippen LogP contribution in [0.4, 0.5) is 0 Å². The Bertz CT molecular complexity index is 326. The maximum atomic E-state index is 5.76. The summed E-state index contributed by atoms with van der Waals surface area (Å²) >= 11 is 11.5. The van der Waals surface area contributed by atoms with Crippen LogP contribution < -0.4 is 0 Å². The lowest BCUT2D eigenvalue weighted by Crippen LogP contribution is -2.01. The SMILES string of the molecule is C=CCc1nc(Cl)c(Cl)nc1CC=C. The molecule has 1 heterocycles. The summed E-state index contributed by atoms with van der Waals surface area (Å²) in [7, 11) is 0. The van der Waals surface area contributed by atoms with E-state index >= 15 is 0 Å². The second-order valence-electron chi connectivity index (χ2n) is 2.68. The van der Waals surface area contributed by atoms with E-state index in [1.165, 1.54) is 0 Å². The van der Waals surface area contributed by atoms with Gasteiger partial charge in [0.2, 0.25) is 0 Å². The fourth-order valence-electron chi connectivity index (χ4n) is 1.06. The number of halogens is 2. The van der Waals surface area contributed by atoms with Gasteiger partial charge in [0.15, 0.2) is 10.3 Å². The molecule has 0 aromatic carbocycles. The summed E-state index contributed by atoms with van der Waals surface area (Å²) in [6.45, 7) is 7.28. The first-order valence-corrected chi connectivity index (χ1v) is 4.87. The average Bonchev–Trinajstić information content (AvgIpc) is 2.14. The lowest BCUT2D eigenvalue weighted by atomic mass is 10.2. The van der Waals surface area contributed by atoms with Crippen LogP contribution in [0, 0.1) is 0 Å². The zero-order chi connectivity index (χ0) is 10.6. The van der Waals surface area contributed by atoms with Crippen molar-refractivity contribution >= 4 is 23.2 Å². The van der Waals surface area contributed by atoms with E-state index in [1.54, 1.807) is 12.2 Å². The van der Waals surface area contributed by atoms with E-state index in [0.717, 1.165) is 11.4 Å². The lowest BCUT2D eigenvalue weighted by Gasteiger charge is -2.05. The molecular formula is C10H10Cl2N2. The predicted molar refractivity (Wildman–Crippen MR) is 59.9 cm³/mol. The standard InChI is InChI=1S/C10H10Cl2N2/c1-3-5-7-8(6-4-2)14-10(12)9(11)13-7/h3-4H,1-2,5-6H2. The van der Waals surface area contributed by atoms with Gasteiger partial charge in [-0.3, -0.25) is 0 Å². The van der Waals surface area contributed by atoms with Gasteiger partial charge >= 0.3 is 0 Å². The molecule has 0 saturated heterocycles. The highest BCUT2D eigenvalue weighted by molar-refractivity contribution is 6.40. The molecule has 0 unspecified atom stereocenters. The molecule has 0 saturated carbocycles. The first-order valence-electron chi connectivity index (χ1n) is 4.11. The van der Waals surface area contributed by atoms with E-state index in [4.69, 9.17) is 23.2 Å².